The van der Waals surface area contributed by atoms with E-state index in [1.807, 2.05) is 6.07 Å². The first-order valence-corrected chi connectivity index (χ1v) is 15.6. The summed E-state index contributed by atoms with van der Waals surface area (Å²) in [4.78, 5) is 36.2. The predicted octanol–water partition coefficient (Wildman–Crippen LogP) is 6.36. The Morgan fingerprint density at radius 2 is 1.45 bits per heavy atom. The third-order valence-electron chi connectivity index (χ3n) is 7.51. The summed E-state index contributed by atoms with van der Waals surface area (Å²) >= 11 is 0. The summed E-state index contributed by atoms with van der Waals surface area (Å²) in [5.74, 6) is 1.18. The van der Waals surface area contributed by atoms with Gasteiger partial charge in [-0.25, -0.2) is 10.0 Å². The average Bonchev–Trinajstić information content (AvgIpc) is 2.94. The van der Waals surface area contributed by atoms with E-state index < -0.39 is 5.09 Å². The number of carbonyl (C=O) groups excluding carboxylic acids is 1. The van der Waals surface area contributed by atoms with Crippen LogP contribution in [0.1, 0.15) is 114 Å². The molecule has 1 aromatic rings. The number of hydrogen-bond acceptors (Lipinski definition) is 8. The van der Waals surface area contributed by atoms with Gasteiger partial charge in [-0.3, -0.25) is 14.9 Å². The van der Waals surface area contributed by atoms with Gasteiger partial charge in [0, 0.05) is 45.5 Å². The number of carbonyl (C=O) groups is 1. The maximum absolute atomic E-state index is 12.6. The molecule has 0 atom stereocenters. The van der Waals surface area contributed by atoms with Crippen LogP contribution < -0.4 is 4.90 Å². The van der Waals surface area contributed by atoms with Crippen molar-refractivity contribution in [1.82, 2.24) is 14.9 Å². The minimum Gasteiger partial charge on any atom is -0.354 e. The molecule has 1 aliphatic heterocycles. The second-order valence-corrected chi connectivity index (χ2v) is 11.5. The Kier molecular flexibility index (Phi) is 17.2. The van der Waals surface area contributed by atoms with Gasteiger partial charge < -0.3 is 9.74 Å². The van der Waals surface area contributed by atoms with Crippen molar-refractivity contribution in [3.63, 3.8) is 0 Å². The molecule has 0 unspecified atom stereocenters. The van der Waals surface area contributed by atoms with Gasteiger partial charge in [-0.15, -0.1) is 10.1 Å². The highest BCUT2D eigenvalue weighted by atomic mass is 16.9. The van der Waals surface area contributed by atoms with Crippen molar-refractivity contribution >= 4 is 11.7 Å². The Morgan fingerprint density at radius 1 is 0.925 bits per heavy atom. The van der Waals surface area contributed by atoms with E-state index in [1.54, 1.807) is 12.3 Å². The summed E-state index contributed by atoms with van der Waals surface area (Å²) in [6.45, 7) is 10.1. The molecule has 1 amide bonds. The van der Waals surface area contributed by atoms with Crippen molar-refractivity contribution in [3.8, 4) is 0 Å². The Bertz CT molecular complexity index is 815. The zero-order valence-corrected chi connectivity index (χ0v) is 25.0. The summed E-state index contributed by atoms with van der Waals surface area (Å²) in [6.07, 6.45) is 17.3. The van der Waals surface area contributed by atoms with Gasteiger partial charge in [0.2, 0.25) is 0 Å². The summed E-state index contributed by atoms with van der Waals surface area (Å²) < 4.78 is 0. The molecule has 0 saturated carbocycles. The van der Waals surface area contributed by atoms with Crippen molar-refractivity contribution in [2.45, 2.75) is 104 Å². The van der Waals surface area contributed by atoms with Crippen LogP contribution in [0, 0.1) is 16.0 Å². The number of piperazine rings is 1. The van der Waals surface area contributed by atoms with Crippen LogP contribution in [0.3, 0.4) is 0 Å². The molecule has 0 bridgehead atoms. The number of unbranched alkanes of at least 4 members (excludes halogenated alkanes) is 13. The average molecular weight is 564 g/mol. The normalized spacial score (nSPS) is 14.1. The lowest BCUT2D eigenvalue weighted by Gasteiger charge is -2.36. The predicted molar refractivity (Wildman–Crippen MR) is 158 cm³/mol. The molecule has 0 aliphatic carbocycles. The van der Waals surface area contributed by atoms with E-state index in [0.717, 1.165) is 82.1 Å². The molecule has 1 aliphatic rings. The van der Waals surface area contributed by atoms with Crippen molar-refractivity contribution in [3.05, 3.63) is 34.0 Å². The molecule has 10 heteroatoms. The van der Waals surface area contributed by atoms with Crippen molar-refractivity contribution in [1.29, 1.82) is 0 Å². The van der Waals surface area contributed by atoms with Crippen LogP contribution in [-0.4, -0.2) is 77.0 Å². The molecular formula is C30H53N5O5. The third-order valence-corrected chi connectivity index (χ3v) is 7.51. The Labute approximate surface area is 241 Å². The molecule has 0 radical (unpaired) electrons. The fourth-order valence-electron chi connectivity index (χ4n) is 5.25. The Morgan fingerprint density at radius 3 is 1.93 bits per heavy atom. The van der Waals surface area contributed by atoms with Gasteiger partial charge in [-0.1, -0.05) is 90.9 Å². The van der Waals surface area contributed by atoms with E-state index in [2.05, 4.69) is 33.5 Å². The first-order chi connectivity index (χ1) is 19.4. The Hall–Kier alpha value is -2.46. The maximum Gasteiger partial charge on any atom is 0.294 e. The van der Waals surface area contributed by atoms with Gasteiger partial charge in [-0.2, -0.15) is 0 Å². The fourth-order valence-corrected chi connectivity index (χ4v) is 5.25. The van der Waals surface area contributed by atoms with Gasteiger partial charge in [0.05, 0.1) is 12.2 Å². The molecule has 1 aromatic heterocycles. The van der Waals surface area contributed by atoms with Gasteiger partial charge in [0.15, 0.2) is 0 Å². The third kappa shape index (κ3) is 14.8. The number of nitrogens with zero attached hydrogens (tertiary/aromatic N) is 5. The topological polar surface area (TPSA) is 112 Å². The summed E-state index contributed by atoms with van der Waals surface area (Å²) in [5, 5.41) is 20.4. The van der Waals surface area contributed by atoms with Gasteiger partial charge in [-0.05, 0) is 30.9 Å². The molecule has 1 saturated heterocycles. The maximum atomic E-state index is 12.6. The summed E-state index contributed by atoms with van der Waals surface area (Å²) in [6, 6.07) is 3.66. The molecule has 0 spiro atoms. The van der Waals surface area contributed by atoms with E-state index in [4.69, 9.17) is 0 Å². The number of hydroxylamine groups is 2. The number of aromatic nitrogens is 1. The second-order valence-electron chi connectivity index (χ2n) is 11.5. The monoisotopic (exact) mass is 563 g/mol. The summed E-state index contributed by atoms with van der Waals surface area (Å²) in [7, 11) is 0. The number of rotatable bonds is 22. The van der Waals surface area contributed by atoms with Gasteiger partial charge in [0.1, 0.15) is 5.82 Å². The van der Waals surface area contributed by atoms with Crippen LogP contribution in [0.25, 0.3) is 0 Å². The fraction of sp³-hybridized carbons (Fsp3) is 0.800. The lowest BCUT2D eigenvalue weighted by Crippen LogP contribution is -2.47. The first kappa shape index (κ1) is 33.7. The molecule has 1 fully saturated rings. The SMILES string of the molecule is CC(C)CN1CCN(c2ccc(C(=O)N(O)CCCCCCCCCCCCCCCCO[N+](=O)[O-])cn2)CC1. The minimum absolute atomic E-state index is 0.215. The molecule has 2 heterocycles. The highest BCUT2D eigenvalue weighted by molar-refractivity contribution is 5.93. The van der Waals surface area contributed by atoms with Gasteiger partial charge in [0.25, 0.3) is 11.0 Å². The zero-order chi connectivity index (χ0) is 29.0. The number of anilines is 1. The highest BCUT2D eigenvalue weighted by Gasteiger charge is 2.19. The summed E-state index contributed by atoms with van der Waals surface area (Å²) in [5.41, 5.74) is 0.423. The minimum atomic E-state index is -0.721. The van der Waals surface area contributed by atoms with Crippen molar-refractivity contribution in [2.75, 3.05) is 50.8 Å². The molecule has 40 heavy (non-hydrogen) atoms. The molecule has 10 nitrogen and oxygen atoms in total. The van der Waals surface area contributed by atoms with Crippen LogP contribution in [0.2, 0.25) is 0 Å². The van der Waals surface area contributed by atoms with Crippen LogP contribution >= 0.6 is 0 Å². The lowest BCUT2D eigenvalue weighted by atomic mass is 10.0. The first-order valence-electron chi connectivity index (χ1n) is 15.6. The standard InChI is InChI=1S/C30H53N5O5/c1-27(2)26-32-20-22-33(23-21-32)29-18-17-28(25-31-29)30(36)34(37)19-15-13-11-9-7-5-3-4-6-8-10-12-14-16-24-40-35(38)39/h17-18,25,27,37H,3-16,19-24,26H2,1-2H3. The number of pyridine rings is 1. The number of hydrogen-bond donors (Lipinski definition) is 1. The van der Waals surface area contributed by atoms with E-state index in [1.165, 1.54) is 51.4 Å². The zero-order valence-electron chi connectivity index (χ0n) is 25.0. The molecule has 1 N–H and O–H groups in total. The van der Waals surface area contributed by atoms with E-state index >= 15 is 0 Å². The quantitative estimate of drug-likeness (QED) is 0.0750. The lowest BCUT2D eigenvalue weighted by molar-refractivity contribution is -0.757. The van der Waals surface area contributed by atoms with Crippen LogP contribution in [0.4, 0.5) is 5.82 Å². The molecule has 228 valence electrons. The van der Waals surface area contributed by atoms with Crippen LogP contribution in [-0.2, 0) is 4.84 Å². The smallest absolute Gasteiger partial charge is 0.294 e. The largest absolute Gasteiger partial charge is 0.354 e. The molecule has 0 aromatic carbocycles. The number of amides is 1. The Balaban J connectivity index is 1.44. The van der Waals surface area contributed by atoms with E-state index in [0.29, 0.717) is 18.0 Å². The molecular weight excluding hydrogens is 510 g/mol. The van der Waals surface area contributed by atoms with Crippen LogP contribution in [0.15, 0.2) is 18.3 Å². The van der Waals surface area contributed by atoms with Crippen molar-refractivity contribution in [2.24, 2.45) is 5.92 Å². The van der Waals surface area contributed by atoms with Crippen molar-refractivity contribution < 1.29 is 19.9 Å². The van der Waals surface area contributed by atoms with Gasteiger partial charge >= 0.3 is 0 Å². The van der Waals surface area contributed by atoms with E-state index in [9.17, 15) is 20.1 Å². The van der Waals surface area contributed by atoms with Crippen LogP contribution in [0.5, 0.6) is 0 Å². The van der Waals surface area contributed by atoms with E-state index in [-0.39, 0.29) is 12.5 Å². The molecule has 2 rings (SSSR count). The highest BCUT2D eigenvalue weighted by Crippen LogP contribution is 2.17. The second kappa shape index (κ2) is 20.4.